The van der Waals surface area contributed by atoms with E-state index in [0.29, 0.717) is 24.2 Å². The molecule has 138 valence electrons. The van der Waals surface area contributed by atoms with Crippen molar-refractivity contribution in [2.75, 3.05) is 13.7 Å². The summed E-state index contributed by atoms with van der Waals surface area (Å²) >= 11 is 5.92. The molecule has 0 bridgehead atoms. The Labute approximate surface area is 154 Å². The van der Waals surface area contributed by atoms with E-state index in [0.717, 1.165) is 5.69 Å². The Bertz CT molecular complexity index is 841. The number of amides is 2. The number of methoxy groups -OCH3 is 1. The maximum absolute atomic E-state index is 13.6. The van der Waals surface area contributed by atoms with Crippen LogP contribution in [0.15, 0.2) is 24.5 Å². The number of benzene rings is 1. The number of carbonyl (C=O) groups excluding carboxylic acids is 2. The number of hydrogen-bond donors (Lipinski definition) is 2. The van der Waals surface area contributed by atoms with Gasteiger partial charge in [0.25, 0.3) is 0 Å². The van der Waals surface area contributed by atoms with Gasteiger partial charge < -0.3 is 19.9 Å². The Balaban J connectivity index is 1.94. The molecule has 2 heterocycles. The second-order valence-corrected chi connectivity index (χ2v) is 6.39. The third-order valence-corrected chi connectivity index (χ3v) is 4.63. The summed E-state index contributed by atoms with van der Waals surface area (Å²) in [4.78, 5) is 33.3. The van der Waals surface area contributed by atoms with E-state index >= 15 is 0 Å². The lowest BCUT2D eigenvalue weighted by Gasteiger charge is -2.35. The van der Waals surface area contributed by atoms with Crippen molar-refractivity contribution < 1.29 is 18.7 Å². The molecule has 1 aromatic heterocycles. The van der Waals surface area contributed by atoms with Crippen LogP contribution in [0.4, 0.5) is 9.18 Å². The fourth-order valence-corrected chi connectivity index (χ4v) is 3.21. The highest BCUT2D eigenvalue weighted by molar-refractivity contribution is 6.30. The minimum Gasteiger partial charge on any atom is -0.467 e. The summed E-state index contributed by atoms with van der Waals surface area (Å²) < 4.78 is 18.2. The molecule has 0 aliphatic carbocycles. The number of rotatable bonds is 3. The fourth-order valence-electron chi connectivity index (χ4n) is 3.02. The van der Waals surface area contributed by atoms with Gasteiger partial charge in [0.1, 0.15) is 17.9 Å². The summed E-state index contributed by atoms with van der Waals surface area (Å²) in [5.74, 6) is -1.08. The second-order valence-electron chi connectivity index (χ2n) is 5.98. The number of H-pyrrole nitrogens is 1. The summed E-state index contributed by atoms with van der Waals surface area (Å²) in [5, 5.41) is 2.58. The lowest BCUT2D eigenvalue weighted by atomic mass is 9.96. The number of esters is 1. The standard InChI is InChI=1S/C17H18ClFN4O3/c1-9(16(24)26-2)22-17(25)23-6-5-13-14(21-8-20-13)15(23)10-3-4-12(19)11(18)7-10/h3-4,7-9,15H,5-6H2,1-2H3,(H,20,21)(H,22,25)/t9-,15?/m1/s1. The molecular formula is C17H18ClFN4O3. The van der Waals surface area contributed by atoms with Crippen molar-refractivity contribution in [2.45, 2.75) is 25.4 Å². The molecule has 7 nitrogen and oxygen atoms in total. The fraction of sp³-hybridized carbons (Fsp3) is 0.353. The molecular weight excluding hydrogens is 363 g/mol. The van der Waals surface area contributed by atoms with Crippen molar-refractivity contribution in [1.82, 2.24) is 20.2 Å². The van der Waals surface area contributed by atoms with Crippen LogP contribution in [0, 0.1) is 5.82 Å². The van der Waals surface area contributed by atoms with Crippen molar-refractivity contribution in [3.8, 4) is 0 Å². The molecule has 1 unspecified atom stereocenters. The summed E-state index contributed by atoms with van der Waals surface area (Å²) in [6, 6.07) is 2.52. The first kappa shape index (κ1) is 18.2. The minimum absolute atomic E-state index is 0.0338. The predicted molar refractivity (Wildman–Crippen MR) is 92.3 cm³/mol. The third kappa shape index (κ3) is 3.37. The van der Waals surface area contributed by atoms with Crippen molar-refractivity contribution in [3.05, 3.63) is 52.3 Å². The van der Waals surface area contributed by atoms with Crippen molar-refractivity contribution in [3.63, 3.8) is 0 Å². The van der Waals surface area contributed by atoms with Gasteiger partial charge in [-0.15, -0.1) is 0 Å². The van der Waals surface area contributed by atoms with Crippen molar-refractivity contribution >= 4 is 23.6 Å². The van der Waals surface area contributed by atoms with Crippen LogP contribution < -0.4 is 5.32 Å². The molecule has 1 aliphatic heterocycles. The van der Waals surface area contributed by atoms with Gasteiger partial charge in [0.05, 0.1) is 24.2 Å². The van der Waals surface area contributed by atoms with Gasteiger partial charge in [-0.05, 0) is 24.6 Å². The number of nitrogens with zero attached hydrogens (tertiary/aromatic N) is 2. The lowest BCUT2D eigenvalue weighted by molar-refractivity contribution is -0.142. The quantitative estimate of drug-likeness (QED) is 0.800. The van der Waals surface area contributed by atoms with Crippen molar-refractivity contribution in [1.29, 1.82) is 0 Å². The largest absolute Gasteiger partial charge is 0.467 e. The van der Waals surface area contributed by atoms with E-state index < -0.39 is 29.9 Å². The number of carbonyl (C=O) groups is 2. The highest BCUT2D eigenvalue weighted by atomic mass is 35.5. The third-order valence-electron chi connectivity index (χ3n) is 4.34. The molecule has 1 aromatic carbocycles. The van der Waals surface area contributed by atoms with Gasteiger partial charge in [-0.2, -0.15) is 0 Å². The maximum Gasteiger partial charge on any atom is 0.328 e. The zero-order valence-electron chi connectivity index (χ0n) is 14.3. The zero-order valence-corrected chi connectivity index (χ0v) is 15.0. The van der Waals surface area contributed by atoms with Gasteiger partial charge in [0.15, 0.2) is 0 Å². The van der Waals surface area contributed by atoms with Gasteiger partial charge in [0.2, 0.25) is 0 Å². The summed E-state index contributed by atoms with van der Waals surface area (Å²) in [7, 11) is 1.26. The van der Waals surface area contributed by atoms with E-state index in [1.54, 1.807) is 17.3 Å². The summed E-state index contributed by atoms with van der Waals surface area (Å²) in [5.41, 5.74) is 2.20. The molecule has 26 heavy (non-hydrogen) atoms. The van der Waals surface area contributed by atoms with Gasteiger partial charge in [-0.25, -0.2) is 19.0 Å². The van der Waals surface area contributed by atoms with Gasteiger partial charge in [-0.3, -0.25) is 0 Å². The maximum atomic E-state index is 13.6. The van der Waals surface area contributed by atoms with Crippen LogP contribution in [0.2, 0.25) is 5.02 Å². The molecule has 0 spiro atoms. The molecule has 2 aromatic rings. The van der Waals surface area contributed by atoms with Crippen LogP contribution in [0.5, 0.6) is 0 Å². The number of nitrogens with one attached hydrogen (secondary N) is 2. The van der Waals surface area contributed by atoms with E-state index in [1.807, 2.05) is 0 Å². The Morgan fingerprint density at radius 2 is 2.27 bits per heavy atom. The number of aromatic amines is 1. The van der Waals surface area contributed by atoms with E-state index in [9.17, 15) is 14.0 Å². The number of fused-ring (bicyclic) bond motifs is 1. The van der Waals surface area contributed by atoms with Crippen LogP contribution in [0.25, 0.3) is 0 Å². The first-order valence-electron chi connectivity index (χ1n) is 8.04. The van der Waals surface area contributed by atoms with E-state index in [-0.39, 0.29) is 5.02 Å². The number of hydrogen-bond acceptors (Lipinski definition) is 4. The first-order chi connectivity index (χ1) is 12.4. The van der Waals surface area contributed by atoms with Gasteiger partial charge in [0, 0.05) is 18.7 Å². The molecule has 2 atom stereocenters. The molecule has 1 aliphatic rings. The Morgan fingerprint density at radius 1 is 1.50 bits per heavy atom. The molecule has 2 amide bonds. The number of halogens is 2. The number of imidazole rings is 1. The van der Waals surface area contributed by atoms with E-state index in [4.69, 9.17) is 11.6 Å². The average Bonchev–Trinajstić information content (AvgIpc) is 3.11. The lowest BCUT2D eigenvalue weighted by Crippen LogP contribution is -2.50. The summed E-state index contributed by atoms with van der Waals surface area (Å²) in [6.45, 7) is 1.94. The molecule has 0 saturated carbocycles. The summed E-state index contributed by atoms with van der Waals surface area (Å²) in [6.07, 6.45) is 2.14. The van der Waals surface area contributed by atoms with Crippen LogP contribution >= 0.6 is 11.6 Å². The van der Waals surface area contributed by atoms with Crippen LogP contribution in [-0.2, 0) is 16.0 Å². The van der Waals surface area contributed by atoms with Gasteiger partial charge in [-0.1, -0.05) is 17.7 Å². The highest BCUT2D eigenvalue weighted by Crippen LogP contribution is 2.34. The second kappa shape index (κ2) is 7.33. The molecule has 0 radical (unpaired) electrons. The highest BCUT2D eigenvalue weighted by Gasteiger charge is 2.35. The smallest absolute Gasteiger partial charge is 0.328 e. The normalized spacial score (nSPS) is 17.4. The Hall–Kier alpha value is -2.61. The predicted octanol–water partition coefficient (Wildman–Crippen LogP) is 2.42. The van der Waals surface area contributed by atoms with Crippen LogP contribution in [0.3, 0.4) is 0 Å². The molecule has 0 saturated heterocycles. The zero-order chi connectivity index (χ0) is 18.8. The van der Waals surface area contributed by atoms with Gasteiger partial charge >= 0.3 is 12.0 Å². The topological polar surface area (TPSA) is 87.3 Å². The molecule has 2 N–H and O–H groups in total. The average molecular weight is 381 g/mol. The molecule has 0 fully saturated rings. The van der Waals surface area contributed by atoms with E-state index in [1.165, 1.54) is 26.2 Å². The Kier molecular flexibility index (Phi) is 5.13. The van der Waals surface area contributed by atoms with Crippen LogP contribution in [-0.4, -0.2) is 46.6 Å². The van der Waals surface area contributed by atoms with E-state index in [2.05, 4.69) is 20.0 Å². The molecule has 3 rings (SSSR count). The monoisotopic (exact) mass is 380 g/mol. The number of urea groups is 1. The SMILES string of the molecule is COC(=O)[C@@H](C)NC(=O)N1CCc2[nH]cnc2C1c1ccc(F)c(Cl)c1. The number of ether oxygens (including phenoxy) is 1. The minimum atomic E-state index is -0.800. The Morgan fingerprint density at radius 3 is 2.96 bits per heavy atom. The van der Waals surface area contributed by atoms with Crippen LogP contribution in [0.1, 0.15) is 29.9 Å². The number of aromatic nitrogens is 2. The molecule has 9 heteroatoms. The van der Waals surface area contributed by atoms with Crippen molar-refractivity contribution in [2.24, 2.45) is 0 Å². The first-order valence-corrected chi connectivity index (χ1v) is 8.42.